The molecule has 0 radical (unpaired) electrons. The summed E-state index contributed by atoms with van der Waals surface area (Å²) in [7, 11) is -4.38. The van der Waals surface area contributed by atoms with Crippen LogP contribution in [0.4, 0.5) is 19.0 Å². The minimum absolute atomic E-state index is 0.0383. The van der Waals surface area contributed by atoms with Crippen LogP contribution in [0.2, 0.25) is 0 Å². The van der Waals surface area contributed by atoms with Gasteiger partial charge in [-0.25, -0.2) is 13.4 Å². The summed E-state index contributed by atoms with van der Waals surface area (Å²) in [5.41, 5.74) is 0.187. The van der Waals surface area contributed by atoms with Crippen molar-refractivity contribution in [1.82, 2.24) is 23.9 Å². The molecule has 0 aliphatic carbocycles. The smallest absolute Gasteiger partial charge is 0.417 e. The van der Waals surface area contributed by atoms with Gasteiger partial charge in [0.2, 0.25) is 10.0 Å². The average Bonchev–Trinajstić information content (AvgIpc) is 3.30. The maximum absolute atomic E-state index is 13.5. The molecule has 0 unspecified atom stereocenters. The number of anilines is 1. The lowest BCUT2D eigenvalue weighted by Crippen LogP contribution is -2.49. The molecular weight excluding hydrogens is 501 g/mol. The van der Waals surface area contributed by atoms with E-state index in [0.29, 0.717) is 23.7 Å². The summed E-state index contributed by atoms with van der Waals surface area (Å²) in [6, 6.07) is 4.17. The first-order valence-electron chi connectivity index (χ1n) is 11.3. The van der Waals surface area contributed by atoms with Gasteiger partial charge in [0.1, 0.15) is 12.1 Å². The summed E-state index contributed by atoms with van der Waals surface area (Å²) in [6.45, 7) is 4.08. The molecule has 10 nitrogen and oxygen atoms in total. The van der Waals surface area contributed by atoms with Crippen LogP contribution in [0.15, 0.2) is 35.5 Å². The predicted molar refractivity (Wildman–Crippen MR) is 123 cm³/mol. The Morgan fingerprint density at radius 3 is 2.50 bits per heavy atom. The number of rotatable bonds is 7. The number of piperazine rings is 1. The molecule has 0 atom stereocenters. The van der Waals surface area contributed by atoms with E-state index in [-0.39, 0.29) is 45.2 Å². The summed E-state index contributed by atoms with van der Waals surface area (Å²) in [4.78, 5) is 21.7. The molecule has 1 aliphatic rings. The van der Waals surface area contributed by atoms with Crippen LogP contribution in [0.25, 0.3) is 5.78 Å². The number of halogens is 3. The lowest BCUT2D eigenvalue weighted by Gasteiger charge is -2.36. The molecule has 0 spiro atoms. The van der Waals surface area contributed by atoms with Crippen molar-refractivity contribution in [1.29, 1.82) is 0 Å². The molecule has 194 valence electrons. The monoisotopic (exact) mass is 526 g/mol. The quantitative estimate of drug-likeness (QED) is 0.432. The molecular formula is C22H25F3N6O4S. The molecule has 1 aromatic carbocycles. The topological polar surface area (TPSA) is 110 Å². The lowest BCUT2D eigenvalue weighted by atomic mass is 10.1. The third-order valence-electron chi connectivity index (χ3n) is 5.94. The summed E-state index contributed by atoms with van der Waals surface area (Å²) in [5, 5.41) is 4.24. The maximum atomic E-state index is 13.5. The summed E-state index contributed by atoms with van der Waals surface area (Å²) >= 11 is 0. The van der Waals surface area contributed by atoms with Crippen LogP contribution in [0.3, 0.4) is 0 Å². The maximum Gasteiger partial charge on any atom is 0.417 e. The highest BCUT2D eigenvalue weighted by Gasteiger charge is 2.39. The van der Waals surface area contributed by atoms with Gasteiger partial charge in [0, 0.05) is 43.9 Å². The zero-order chi connectivity index (χ0) is 26.1. The minimum Gasteiger partial charge on any atom is -0.466 e. The van der Waals surface area contributed by atoms with Crippen molar-refractivity contribution in [2.45, 2.75) is 37.8 Å². The highest BCUT2D eigenvalue weighted by molar-refractivity contribution is 7.89. The highest BCUT2D eigenvalue weighted by Crippen LogP contribution is 2.35. The Balaban J connectivity index is 1.61. The second-order valence-electron chi connectivity index (χ2n) is 8.16. The van der Waals surface area contributed by atoms with E-state index in [1.54, 1.807) is 13.8 Å². The van der Waals surface area contributed by atoms with Gasteiger partial charge in [-0.3, -0.25) is 4.79 Å². The number of aromatic nitrogens is 4. The normalized spacial score (nSPS) is 15.4. The van der Waals surface area contributed by atoms with Crippen molar-refractivity contribution in [3.63, 3.8) is 0 Å². The van der Waals surface area contributed by atoms with Crippen molar-refractivity contribution in [3.05, 3.63) is 47.4 Å². The number of alkyl halides is 3. The predicted octanol–water partition coefficient (Wildman–Crippen LogP) is 2.46. The number of hydrogen-bond acceptors (Lipinski definition) is 8. The second-order valence-corrected chi connectivity index (χ2v) is 10.1. The SMILES string of the molecule is CCOC(=O)CCc1c(C)nc2ncnn2c1N1CCN(S(=O)(=O)c2ccccc2C(F)(F)F)CC1. The summed E-state index contributed by atoms with van der Waals surface area (Å²) < 4.78 is 74.3. The first kappa shape index (κ1) is 25.8. The van der Waals surface area contributed by atoms with E-state index in [1.165, 1.54) is 16.9 Å². The molecule has 1 aliphatic heterocycles. The molecule has 1 saturated heterocycles. The van der Waals surface area contributed by atoms with Crippen LogP contribution in [-0.4, -0.2) is 71.1 Å². The van der Waals surface area contributed by atoms with Gasteiger partial charge in [-0.2, -0.15) is 32.1 Å². The Hall–Kier alpha value is -3.26. The largest absolute Gasteiger partial charge is 0.466 e. The van der Waals surface area contributed by atoms with E-state index in [1.807, 2.05) is 4.90 Å². The fourth-order valence-electron chi connectivity index (χ4n) is 4.25. The second kappa shape index (κ2) is 10.0. The number of carbonyl (C=O) groups excluding carboxylic acids is 1. The van der Waals surface area contributed by atoms with Crippen LogP contribution in [-0.2, 0) is 32.2 Å². The van der Waals surface area contributed by atoms with E-state index >= 15 is 0 Å². The average molecular weight is 527 g/mol. The molecule has 36 heavy (non-hydrogen) atoms. The minimum atomic E-state index is -4.80. The van der Waals surface area contributed by atoms with Gasteiger partial charge < -0.3 is 9.64 Å². The van der Waals surface area contributed by atoms with Crippen molar-refractivity contribution in [2.75, 3.05) is 37.7 Å². The van der Waals surface area contributed by atoms with Crippen molar-refractivity contribution < 1.29 is 31.1 Å². The van der Waals surface area contributed by atoms with Gasteiger partial charge in [-0.1, -0.05) is 12.1 Å². The van der Waals surface area contributed by atoms with Gasteiger partial charge in [0.05, 0.1) is 17.1 Å². The Bertz CT molecular complexity index is 1370. The van der Waals surface area contributed by atoms with E-state index < -0.39 is 26.7 Å². The lowest BCUT2D eigenvalue weighted by molar-refractivity contribution is -0.143. The number of sulfonamides is 1. The molecule has 14 heteroatoms. The number of benzene rings is 1. The van der Waals surface area contributed by atoms with Crippen molar-refractivity contribution in [2.24, 2.45) is 0 Å². The number of ether oxygens (including phenoxy) is 1. The molecule has 3 aromatic rings. The Labute approximate surface area is 205 Å². The van der Waals surface area contributed by atoms with Crippen LogP contribution < -0.4 is 4.90 Å². The first-order valence-corrected chi connectivity index (χ1v) is 12.7. The zero-order valence-electron chi connectivity index (χ0n) is 19.7. The number of carbonyl (C=O) groups is 1. The number of aryl methyl sites for hydroxylation is 1. The fourth-order valence-corrected chi connectivity index (χ4v) is 5.89. The van der Waals surface area contributed by atoms with E-state index in [9.17, 15) is 26.4 Å². The molecule has 2 aromatic heterocycles. The number of esters is 1. The van der Waals surface area contributed by atoms with Gasteiger partial charge in [-0.15, -0.1) is 0 Å². The standard InChI is InChI=1S/C22H25F3N6O4S/c1-3-35-19(32)9-8-16-15(2)28-21-26-14-27-31(21)20(16)29-10-12-30(13-11-29)36(33,34)18-7-5-4-6-17(18)22(23,24)25/h4-7,14H,3,8-13H2,1-2H3. The van der Waals surface area contributed by atoms with Gasteiger partial charge in [0.25, 0.3) is 5.78 Å². The molecule has 1 fully saturated rings. The van der Waals surface area contributed by atoms with Crippen LogP contribution in [0.1, 0.15) is 30.2 Å². The van der Waals surface area contributed by atoms with Crippen LogP contribution in [0, 0.1) is 6.92 Å². The highest BCUT2D eigenvalue weighted by atomic mass is 32.2. The molecule has 3 heterocycles. The van der Waals surface area contributed by atoms with Gasteiger partial charge in [-0.05, 0) is 32.4 Å². The Morgan fingerprint density at radius 2 is 1.83 bits per heavy atom. The molecule has 4 rings (SSSR count). The number of hydrogen-bond donors (Lipinski definition) is 0. The summed E-state index contributed by atoms with van der Waals surface area (Å²) in [6.07, 6.45) is -3.02. The van der Waals surface area contributed by atoms with Crippen molar-refractivity contribution >= 4 is 27.6 Å². The third-order valence-corrected chi connectivity index (χ3v) is 7.89. The molecule has 0 bridgehead atoms. The molecule has 0 saturated carbocycles. The van der Waals surface area contributed by atoms with E-state index in [4.69, 9.17) is 4.74 Å². The zero-order valence-corrected chi connectivity index (χ0v) is 20.5. The third kappa shape index (κ3) is 5.00. The van der Waals surface area contributed by atoms with Crippen LogP contribution in [0.5, 0.6) is 0 Å². The Kier molecular flexibility index (Phi) is 7.18. The Morgan fingerprint density at radius 1 is 1.14 bits per heavy atom. The van der Waals surface area contributed by atoms with E-state index in [2.05, 4.69) is 15.1 Å². The van der Waals surface area contributed by atoms with E-state index in [0.717, 1.165) is 28.1 Å². The molecule has 0 amide bonds. The molecule has 0 N–H and O–H groups in total. The number of fused-ring (bicyclic) bond motifs is 1. The van der Waals surface area contributed by atoms with Crippen molar-refractivity contribution in [3.8, 4) is 0 Å². The fraction of sp³-hybridized carbons (Fsp3) is 0.455. The first-order chi connectivity index (χ1) is 17.0. The number of nitrogens with zero attached hydrogens (tertiary/aromatic N) is 6. The van der Waals surface area contributed by atoms with Gasteiger partial charge in [0.15, 0.2) is 0 Å². The van der Waals surface area contributed by atoms with Crippen LogP contribution >= 0.6 is 0 Å². The summed E-state index contributed by atoms with van der Waals surface area (Å²) in [5.74, 6) is 0.601. The van der Waals surface area contributed by atoms with Gasteiger partial charge >= 0.3 is 12.1 Å².